The summed E-state index contributed by atoms with van der Waals surface area (Å²) < 4.78 is 12.7. The first-order valence-corrected chi connectivity index (χ1v) is 20.8. The average Bonchev–Trinajstić information content (AvgIpc) is 3.39. The molecular formula is C42H84O2. The lowest BCUT2D eigenvalue weighted by atomic mass is 9.95. The lowest BCUT2D eigenvalue weighted by molar-refractivity contribution is -0.177. The first-order chi connectivity index (χ1) is 21.5. The SMILES string of the molecule is CCCCCCCCCC(C)CCCCCCCCC1(CCCCCCCCC(C)CCCCCCCCC)OCC(C)O1. The Morgan fingerprint density at radius 3 is 1.05 bits per heavy atom. The van der Waals surface area contributed by atoms with Crippen LogP contribution in [0.2, 0.25) is 0 Å². The average molecular weight is 621 g/mol. The van der Waals surface area contributed by atoms with Gasteiger partial charge in [-0.3, -0.25) is 0 Å². The molecule has 0 spiro atoms. The van der Waals surface area contributed by atoms with Gasteiger partial charge in [0.15, 0.2) is 5.79 Å². The van der Waals surface area contributed by atoms with E-state index in [1.807, 2.05) is 0 Å². The molecule has 0 amide bonds. The molecule has 0 bridgehead atoms. The molecule has 1 fully saturated rings. The molecule has 1 rings (SSSR count). The van der Waals surface area contributed by atoms with E-state index in [1.54, 1.807) is 0 Å². The second-order valence-corrected chi connectivity index (χ2v) is 15.5. The van der Waals surface area contributed by atoms with E-state index in [2.05, 4.69) is 34.6 Å². The largest absolute Gasteiger partial charge is 0.347 e. The fourth-order valence-electron chi connectivity index (χ4n) is 7.47. The van der Waals surface area contributed by atoms with E-state index in [9.17, 15) is 0 Å². The number of ether oxygens (including phenoxy) is 2. The Balaban J connectivity index is 1.98. The zero-order chi connectivity index (χ0) is 32.0. The zero-order valence-corrected chi connectivity index (χ0v) is 31.4. The normalized spacial score (nSPS) is 20.0. The Morgan fingerprint density at radius 1 is 0.455 bits per heavy atom. The summed E-state index contributed by atoms with van der Waals surface area (Å²) in [7, 11) is 0. The molecule has 0 aliphatic carbocycles. The van der Waals surface area contributed by atoms with Gasteiger partial charge in [0.25, 0.3) is 0 Å². The van der Waals surface area contributed by atoms with Crippen LogP contribution in [0.1, 0.15) is 240 Å². The number of hydrogen-bond acceptors (Lipinski definition) is 2. The summed E-state index contributed by atoms with van der Waals surface area (Å²) in [5.74, 6) is 1.59. The monoisotopic (exact) mass is 621 g/mol. The van der Waals surface area contributed by atoms with Gasteiger partial charge in [-0.25, -0.2) is 0 Å². The van der Waals surface area contributed by atoms with Gasteiger partial charge in [-0.2, -0.15) is 0 Å². The van der Waals surface area contributed by atoms with Gasteiger partial charge in [0.2, 0.25) is 0 Å². The van der Waals surface area contributed by atoms with Crippen molar-refractivity contribution in [1.82, 2.24) is 0 Å². The van der Waals surface area contributed by atoms with Crippen molar-refractivity contribution in [3.8, 4) is 0 Å². The van der Waals surface area contributed by atoms with Crippen molar-refractivity contribution in [2.75, 3.05) is 6.61 Å². The Morgan fingerprint density at radius 2 is 0.750 bits per heavy atom. The molecule has 3 unspecified atom stereocenters. The lowest BCUT2D eigenvalue weighted by Crippen LogP contribution is -2.30. The maximum absolute atomic E-state index is 6.40. The van der Waals surface area contributed by atoms with Crippen LogP contribution in [0.5, 0.6) is 0 Å². The van der Waals surface area contributed by atoms with Gasteiger partial charge in [0, 0.05) is 12.8 Å². The summed E-state index contributed by atoms with van der Waals surface area (Å²) in [6.45, 7) is 12.6. The molecule has 2 heteroatoms. The fraction of sp³-hybridized carbons (Fsp3) is 1.00. The van der Waals surface area contributed by atoms with E-state index >= 15 is 0 Å². The van der Waals surface area contributed by atoms with E-state index < -0.39 is 0 Å². The Kier molecular flexibility index (Phi) is 28.9. The van der Waals surface area contributed by atoms with Crippen LogP contribution in [0.4, 0.5) is 0 Å². The van der Waals surface area contributed by atoms with Crippen molar-refractivity contribution in [2.45, 2.75) is 252 Å². The fourth-order valence-corrected chi connectivity index (χ4v) is 7.47. The molecule has 0 aromatic carbocycles. The standard InChI is InChI=1S/C42H84O2/c1-6-8-10-12-14-20-26-32-39(3)34-28-22-16-18-24-30-36-42(43-38-41(5)44-42)37-31-25-19-17-23-29-35-40(4)33-27-21-15-13-11-9-7-2/h39-41H,6-38H2,1-5H3. The number of rotatable bonds is 34. The Labute approximate surface area is 279 Å². The summed E-state index contributed by atoms with van der Waals surface area (Å²) >= 11 is 0. The molecule has 0 aromatic heterocycles. The molecule has 0 aromatic rings. The predicted molar refractivity (Wildman–Crippen MR) is 197 cm³/mol. The molecule has 0 saturated carbocycles. The van der Waals surface area contributed by atoms with Crippen LogP contribution in [-0.2, 0) is 9.47 Å². The molecule has 1 aliphatic heterocycles. The van der Waals surface area contributed by atoms with Crippen LogP contribution in [0.3, 0.4) is 0 Å². The van der Waals surface area contributed by atoms with Crippen LogP contribution >= 0.6 is 0 Å². The highest BCUT2D eigenvalue weighted by atomic mass is 16.7. The van der Waals surface area contributed by atoms with Gasteiger partial charge in [-0.15, -0.1) is 0 Å². The third-order valence-electron chi connectivity index (χ3n) is 10.6. The molecule has 0 N–H and O–H groups in total. The first kappa shape index (κ1) is 41.9. The van der Waals surface area contributed by atoms with E-state index in [-0.39, 0.29) is 11.9 Å². The second-order valence-electron chi connectivity index (χ2n) is 15.5. The molecule has 3 atom stereocenters. The van der Waals surface area contributed by atoms with Gasteiger partial charge < -0.3 is 9.47 Å². The van der Waals surface area contributed by atoms with E-state index in [0.29, 0.717) is 0 Å². The minimum atomic E-state index is -0.268. The second kappa shape index (κ2) is 30.3. The highest BCUT2D eigenvalue weighted by Crippen LogP contribution is 2.34. The number of unbranched alkanes of at least 4 members (excludes halogenated alkanes) is 22. The number of hydrogen-bond donors (Lipinski definition) is 0. The molecule has 1 saturated heterocycles. The first-order valence-electron chi connectivity index (χ1n) is 20.8. The molecule has 1 heterocycles. The molecule has 0 radical (unpaired) electrons. The Hall–Kier alpha value is -0.0800. The zero-order valence-electron chi connectivity index (χ0n) is 31.4. The highest BCUT2D eigenvalue weighted by Gasteiger charge is 2.38. The summed E-state index contributed by atoms with van der Waals surface area (Å²) in [5, 5.41) is 0. The van der Waals surface area contributed by atoms with Crippen LogP contribution in [0.25, 0.3) is 0 Å². The van der Waals surface area contributed by atoms with Crippen molar-refractivity contribution in [1.29, 1.82) is 0 Å². The van der Waals surface area contributed by atoms with Crippen molar-refractivity contribution < 1.29 is 9.47 Å². The quantitative estimate of drug-likeness (QED) is 0.0666. The minimum Gasteiger partial charge on any atom is -0.347 e. The van der Waals surface area contributed by atoms with E-state index in [0.717, 1.165) is 31.3 Å². The van der Waals surface area contributed by atoms with Gasteiger partial charge in [-0.05, 0) is 31.6 Å². The lowest BCUT2D eigenvalue weighted by Gasteiger charge is -2.28. The molecule has 1 aliphatic rings. The maximum Gasteiger partial charge on any atom is 0.168 e. The van der Waals surface area contributed by atoms with Crippen molar-refractivity contribution in [3.05, 3.63) is 0 Å². The van der Waals surface area contributed by atoms with Crippen molar-refractivity contribution in [3.63, 3.8) is 0 Å². The predicted octanol–water partition coefficient (Wildman–Crippen LogP) is 14.9. The third-order valence-corrected chi connectivity index (χ3v) is 10.6. The van der Waals surface area contributed by atoms with Gasteiger partial charge in [0.1, 0.15) is 0 Å². The van der Waals surface area contributed by atoms with E-state index in [1.165, 1.54) is 193 Å². The third kappa shape index (κ3) is 25.1. The van der Waals surface area contributed by atoms with Crippen LogP contribution in [-0.4, -0.2) is 18.5 Å². The summed E-state index contributed by atoms with van der Waals surface area (Å²) in [4.78, 5) is 0. The Bertz CT molecular complexity index is 534. The molecular weight excluding hydrogens is 536 g/mol. The van der Waals surface area contributed by atoms with Crippen molar-refractivity contribution in [2.24, 2.45) is 11.8 Å². The summed E-state index contributed by atoms with van der Waals surface area (Å²) in [5.41, 5.74) is 0. The van der Waals surface area contributed by atoms with Crippen molar-refractivity contribution >= 4 is 0 Å². The van der Waals surface area contributed by atoms with Crippen LogP contribution in [0.15, 0.2) is 0 Å². The van der Waals surface area contributed by atoms with Crippen LogP contribution < -0.4 is 0 Å². The topological polar surface area (TPSA) is 18.5 Å². The molecule has 2 nitrogen and oxygen atoms in total. The summed E-state index contributed by atoms with van der Waals surface area (Å²) in [6, 6.07) is 0. The van der Waals surface area contributed by atoms with Gasteiger partial charge in [-0.1, -0.05) is 207 Å². The summed E-state index contributed by atoms with van der Waals surface area (Å²) in [6.07, 6.45) is 44.9. The van der Waals surface area contributed by atoms with E-state index in [4.69, 9.17) is 9.47 Å². The molecule has 44 heavy (non-hydrogen) atoms. The van der Waals surface area contributed by atoms with Gasteiger partial charge in [0.05, 0.1) is 12.7 Å². The minimum absolute atomic E-state index is 0.265. The molecule has 264 valence electrons. The highest BCUT2D eigenvalue weighted by molar-refractivity contribution is 4.78. The van der Waals surface area contributed by atoms with Crippen LogP contribution in [0, 0.1) is 11.8 Å². The smallest absolute Gasteiger partial charge is 0.168 e. The van der Waals surface area contributed by atoms with Gasteiger partial charge >= 0.3 is 0 Å². The maximum atomic E-state index is 6.40.